The van der Waals surface area contributed by atoms with E-state index in [1.54, 1.807) is 6.07 Å². The summed E-state index contributed by atoms with van der Waals surface area (Å²) in [5.41, 5.74) is -0.305. The Labute approximate surface area is 150 Å². The molecule has 2 aliphatic rings. The molecular weight excluding hydrogens is 347 g/mol. The van der Waals surface area contributed by atoms with Crippen LogP contribution in [0.1, 0.15) is 43.0 Å². The summed E-state index contributed by atoms with van der Waals surface area (Å²) in [5.74, 6) is 0.000538. The van der Waals surface area contributed by atoms with Crippen molar-refractivity contribution in [3.63, 3.8) is 0 Å². The fourth-order valence-electron chi connectivity index (χ4n) is 3.52. The van der Waals surface area contributed by atoms with Crippen LogP contribution in [0.3, 0.4) is 0 Å². The zero-order chi connectivity index (χ0) is 18.6. The summed E-state index contributed by atoms with van der Waals surface area (Å²) in [4.78, 5) is 17.9. The van der Waals surface area contributed by atoms with Gasteiger partial charge in [0.25, 0.3) is 0 Å². The van der Waals surface area contributed by atoms with Crippen LogP contribution < -0.4 is 5.32 Å². The van der Waals surface area contributed by atoms with E-state index in [2.05, 4.69) is 15.2 Å². The van der Waals surface area contributed by atoms with Gasteiger partial charge in [0.05, 0.1) is 0 Å². The van der Waals surface area contributed by atoms with Gasteiger partial charge in [-0.2, -0.15) is 13.2 Å². The van der Waals surface area contributed by atoms with Crippen molar-refractivity contribution in [2.45, 2.75) is 43.9 Å². The van der Waals surface area contributed by atoms with Crippen LogP contribution in [-0.4, -0.2) is 54.7 Å². The van der Waals surface area contributed by atoms with Gasteiger partial charge in [0.15, 0.2) is 0 Å². The lowest BCUT2D eigenvalue weighted by atomic mass is 9.93. The number of nitrogens with one attached hydrogen (secondary N) is 1. The summed E-state index contributed by atoms with van der Waals surface area (Å²) in [7, 11) is 0. The molecule has 1 aromatic heterocycles. The zero-order valence-corrected chi connectivity index (χ0v) is 14.6. The van der Waals surface area contributed by atoms with Gasteiger partial charge >= 0.3 is 6.18 Å². The highest BCUT2D eigenvalue weighted by atomic mass is 19.4. The number of nitrogens with zero attached hydrogens (tertiary/aromatic N) is 2. The van der Waals surface area contributed by atoms with Gasteiger partial charge in [0.2, 0.25) is 5.91 Å². The van der Waals surface area contributed by atoms with Gasteiger partial charge < -0.3 is 15.0 Å². The maximum Gasteiger partial charge on any atom is 0.433 e. The molecule has 1 amide bonds. The van der Waals surface area contributed by atoms with Gasteiger partial charge in [-0.15, -0.1) is 0 Å². The molecule has 0 spiro atoms. The molecule has 26 heavy (non-hydrogen) atoms. The van der Waals surface area contributed by atoms with Gasteiger partial charge in [0, 0.05) is 31.3 Å². The topological polar surface area (TPSA) is 54.5 Å². The molecule has 0 aliphatic carbocycles. The van der Waals surface area contributed by atoms with E-state index in [-0.39, 0.29) is 17.9 Å². The Hall–Kier alpha value is -1.67. The number of hydrogen-bond donors (Lipinski definition) is 1. The van der Waals surface area contributed by atoms with E-state index in [1.165, 1.54) is 6.07 Å². The molecule has 1 aromatic rings. The molecule has 5 nitrogen and oxygen atoms in total. The normalized spacial score (nSPS) is 22.5. The molecule has 0 radical (unpaired) electrons. The number of alkyl halides is 3. The number of amides is 1. The van der Waals surface area contributed by atoms with Crippen LogP contribution in [0.25, 0.3) is 0 Å². The summed E-state index contributed by atoms with van der Waals surface area (Å²) >= 11 is 0. The number of hydrogen-bond acceptors (Lipinski definition) is 4. The summed E-state index contributed by atoms with van der Waals surface area (Å²) < 4.78 is 43.7. The van der Waals surface area contributed by atoms with Crippen molar-refractivity contribution < 1.29 is 22.7 Å². The smallest absolute Gasteiger partial charge is 0.368 e. The van der Waals surface area contributed by atoms with Crippen molar-refractivity contribution in [3.05, 3.63) is 29.6 Å². The van der Waals surface area contributed by atoms with E-state index in [0.717, 1.165) is 51.4 Å². The second kappa shape index (κ2) is 8.35. The Morgan fingerprint density at radius 2 is 2.04 bits per heavy atom. The van der Waals surface area contributed by atoms with E-state index in [0.29, 0.717) is 18.8 Å². The van der Waals surface area contributed by atoms with Crippen molar-refractivity contribution in [1.82, 2.24) is 15.2 Å². The minimum Gasteiger partial charge on any atom is -0.368 e. The average Bonchev–Trinajstić information content (AvgIpc) is 3.16. The van der Waals surface area contributed by atoms with E-state index in [9.17, 15) is 18.0 Å². The van der Waals surface area contributed by atoms with E-state index >= 15 is 0 Å². The lowest BCUT2D eigenvalue weighted by molar-refractivity contribution is -0.141. The summed E-state index contributed by atoms with van der Waals surface area (Å²) in [5, 5.41) is 2.90. The molecule has 1 atom stereocenters. The maximum absolute atomic E-state index is 12.8. The lowest BCUT2D eigenvalue weighted by Crippen LogP contribution is -2.42. The first-order chi connectivity index (χ1) is 12.4. The van der Waals surface area contributed by atoms with Crippen molar-refractivity contribution in [3.8, 4) is 0 Å². The molecular formula is C18H24F3N3O2. The Bertz CT molecular complexity index is 610. The number of ether oxygens (including phenoxy) is 1. The zero-order valence-electron chi connectivity index (χ0n) is 14.6. The SMILES string of the molecule is O=C(NCCN1CCC(c2cccc(C(F)(F)F)n2)CC1)C1CCCO1. The second-order valence-electron chi connectivity index (χ2n) is 6.85. The number of carbonyl (C=O) groups excluding carboxylic acids is 1. The highest BCUT2D eigenvalue weighted by Gasteiger charge is 2.33. The Kier molecular flexibility index (Phi) is 6.13. The first kappa shape index (κ1) is 19.1. The van der Waals surface area contributed by atoms with Crippen molar-refractivity contribution >= 4 is 5.91 Å². The van der Waals surface area contributed by atoms with Crippen molar-refractivity contribution in [1.29, 1.82) is 0 Å². The van der Waals surface area contributed by atoms with Crippen LogP contribution in [-0.2, 0) is 15.7 Å². The standard InChI is InChI=1S/C18H24F3N3O2/c19-18(20,21)16-5-1-3-14(23-16)13-6-9-24(10-7-13)11-8-22-17(25)15-4-2-12-26-15/h1,3,5,13,15H,2,4,6-12H2,(H,22,25). The molecule has 1 unspecified atom stereocenters. The quantitative estimate of drug-likeness (QED) is 0.864. The molecule has 0 aromatic carbocycles. The fraction of sp³-hybridized carbons (Fsp3) is 0.667. The molecule has 0 bridgehead atoms. The first-order valence-electron chi connectivity index (χ1n) is 9.09. The number of carbonyl (C=O) groups is 1. The Morgan fingerprint density at radius 3 is 2.69 bits per heavy atom. The van der Waals surface area contributed by atoms with Gasteiger partial charge in [-0.3, -0.25) is 4.79 Å². The number of piperidine rings is 1. The minimum atomic E-state index is -4.40. The van der Waals surface area contributed by atoms with E-state index < -0.39 is 11.9 Å². The molecule has 3 rings (SSSR count). The summed E-state index contributed by atoms with van der Waals surface area (Å²) in [6.07, 6.45) is -1.47. The Morgan fingerprint density at radius 1 is 1.27 bits per heavy atom. The van der Waals surface area contributed by atoms with Crippen molar-refractivity contribution in [2.24, 2.45) is 0 Å². The molecule has 144 valence electrons. The number of likely N-dealkylation sites (tertiary alicyclic amines) is 1. The second-order valence-corrected chi connectivity index (χ2v) is 6.85. The average molecular weight is 371 g/mol. The number of halogens is 3. The summed E-state index contributed by atoms with van der Waals surface area (Å²) in [6, 6.07) is 4.12. The third-order valence-electron chi connectivity index (χ3n) is 5.02. The third-order valence-corrected chi connectivity index (χ3v) is 5.02. The number of aromatic nitrogens is 1. The number of rotatable bonds is 5. The van der Waals surface area contributed by atoms with Crippen LogP contribution in [0.4, 0.5) is 13.2 Å². The highest BCUT2D eigenvalue weighted by Crippen LogP contribution is 2.31. The van der Waals surface area contributed by atoms with E-state index in [1.807, 2.05) is 0 Å². The largest absolute Gasteiger partial charge is 0.433 e. The molecule has 8 heteroatoms. The lowest BCUT2D eigenvalue weighted by Gasteiger charge is -2.31. The van der Waals surface area contributed by atoms with Crippen LogP contribution in [0, 0.1) is 0 Å². The van der Waals surface area contributed by atoms with Crippen molar-refractivity contribution in [2.75, 3.05) is 32.8 Å². The molecule has 1 N–H and O–H groups in total. The van der Waals surface area contributed by atoms with Crippen LogP contribution in [0.15, 0.2) is 18.2 Å². The minimum absolute atomic E-state index is 0.0504. The molecule has 2 fully saturated rings. The van der Waals surface area contributed by atoms with Crippen LogP contribution >= 0.6 is 0 Å². The summed E-state index contributed by atoms with van der Waals surface area (Å²) in [6.45, 7) is 3.53. The molecule has 0 saturated carbocycles. The van der Waals surface area contributed by atoms with Crippen LogP contribution in [0.2, 0.25) is 0 Å². The van der Waals surface area contributed by atoms with Crippen LogP contribution in [0.5, 0.6) is 0 Å². The Balaban J connectivity index is 1.42. The van der Waals surface area contributed by atoms with Gasteiger partial charge in [-0.05, 0) is 50.9 Å². The van der Waals surface area contributed by atoms with Gasteiger partial charge in [-0.1, -0.05) is 6.07 Å². The van der Waals surface area contributed by atoms with E-state index in [4.69, 9.17) is 4.74 Å². The fourth-order valence-corrected chi connectivity index (χ4v) is 3.52. The number of pyridine rings is 1. The van der Waals surface area contributed by atoms with Gasteiger partial charge in [0.1, 0.15) is 11.8 Å². The predicted molar refractivity (Wildman–Crippen MR) is 89.6 cm³/mol. The first-order valence-corrected chi connectivity index (χ1v) is 9.09. The monoisotopic (exact) mass is 371 g/mol. The molecule has 2 saturated heterocycles. The van der Waals surface area contributed by atoms with Gasteiger partial charge in [-0.25, -0.2) is 4.98 Å². The maximum atomic E-state index is 12.8. The third kappa shape index (κ3) is 4.94. The molecule has 3 heterocycles. The molecule has 2 aliphatic heterocycles. The highest BCUT2D eigenvalue weighted by molar-refractivity contribution is 5.80. The predicted octanol–water partition coefficient (Wildman–Crippen LogP) is 2.58.